The molecule has 0 aliphatic carbocycles. The van der Waals surface area contributed by atoms with Crippen molar-refractivity contribution in [2.75, 3.05) is 30.3 Å². The molecule has 1 atom stereocenters. The standard InChI is InChI=1S/C20H22N4O3S/c1-2-3-18-15-23(28(26,27)19-8-9-20(21)22-14-19)11-12-24(18)17-6-4-16(5-7-17)10-13-25/h4-9,13-14,18H,10-12,15H2,1H3,(H2,21,22). The van der Waals surface area contributed by atoms with E-state index in [1.165, 1.54) is 22.6 Å². The predicted octanol–water partition coefficient (Wildman–Crippen LogP) is 1.31. The molecule has 0 radical (unpaired) electrons. The van der Waals surface area contributed by atoms with Crippen molar-refractivity contribution in [1.82, 2.24) is 9.29 Å². The van der Waals surface area contributed by atoms with Crippen LogP contribution in [0, 0.1) is 11.8 Å². The maximum absolute atomic E-state index is 13.0. The minimum absolute atomic E-state index is 0.122. The molecule has 1 aliphatic heterocycles. The molecule has 2 heterocycles. The molecule has 8 heteroatoms. The number of benzene rings is 1. The first-order chi connectivity index (χ1) is 13.5. The Morgan fingerprint density at radius 3 is 2.57 bits per heavy atom. The van der Waals surface area contributed by atoms with Crippen molar-refractivity contribution in [3.8, 4) is 11.8 Å². The number of nitrogen functional groups attached to an aromatic ring is 1. The van der Waals surface area contributed by atoms with Gasteiger partial charge in [0.1, 0.15) is 23.0 Å². The normalized spacial score (nSPS) is 17.6. The van der Waals surface area contributed by atoms with Crippen molar-refractivity contribution >= 4 is 27.8 Å². The van der Waals surface area contributed by atoms with Gasteiger partial charge in [0, 0.05) is 37.9 Å². The summed E-state index contributed by atoms with van der Waals surface area (Å²) in [5, 5.41) is 0. The summed E-state index contributed by atoms with van der Waals surface area (Å²) in [6.07, 6.45) is 2.53. The molecule has 0 saturated carbocycles. The molecule has 1 saturated heterocycles. The first kappa shape index (κ1) is 19.9. The Hall–Kier alpha value is -2.89. The van der Waals surface area contributed by atoms with Crippen LogP contribution in [-0.4, -0.2) is 49.7 Å². The van der Waals surface area contributed by atoms with E-state index in [-0.39, 0.29) is 23.3 Å². The van der Waals surface area contributed by atoms with E-state index in [0.717, 1.165) is 17.5 Å². The number of rotatable bonds is 5. The summed E-state index contributed by atoms with van der Waals surface area (Å²) in [6.45, 7) is 2.84. The van der Waals surface area contributed by atoms with Crippen LogP contribution in [0.15, 0.2) is 47.5 Å². The molecule has 1 aromatic heterocycles. The Balaban J connectivity index is 1.83. The first-order valence-corrected chi connectivity index (χ1v) is 10.3. The van der Waals surface area contributed by atoms with Crippen LogP contribution in [0.4, 0.5) is 11.5 Å². The van der Waals surface area contributed by atoms with E-state index in [1.54, 1.807) is 6.92 Å². The minimum Gasteiger partial charge on any atom is -0.384 e. The highest BCUT2D eigenvalue weighted by Gasteiger charge is 2.33. The molecule has 7 nitrogen and oxygen atoms in total. The molecule has 0 amide bonds. The van der Waals surface area contributed by atoms with Gasteiger partial charge in [-0.3, -0.25) is 0 Å². The van der Waals surface area contributed by atoms with Crippen LogP contribution in [0.1, 0.15) is 12.5 Å². The third kappa shape index (κ3) is 4.16. The summed E-state index contributed by atoms with van der Waals surface area (Å²) in [5.41, 5.74) is 7.45. The van der Waals surface area contributed by atoms with Crippen molar-refractivity contribution in [3.63, 3.8) is 0 Å². The zero-order valence-corrected chi connectivity index (χ0v) is 16.4. The monoisotopic (exact) mass is 398 g/mol. The summed E-state index contributed by atoms with van der Waals surface area (Å²) in [5.74, 6) is 6.29. The van der Waals surface area contributed by atoms with Crippen LogP contribution in [0.3, 0.4) is 0 Å². The topological polar surface area (TPSA) is 96.6 Å². The molecule has 0 bridgehead atoms. The molecule has 0 spiro atoms. The number of piperazine rings is 1. The summed E-state index contributed by atoms with van der Waals surface area (Å²) >= 11 is 0. The Morgan fingerprint density at radius 1 is 1.21 bits per heavy atom. The second-order valence-electron chi connectivity index (χ2n) is 6.42. The molecule has 28 heavy (non-hydrogen) atoms. The van der Waals surface area contributed by atoms with Gasteiger partial charge in [-0.2, -0.15) is 4.31 Å². The average molecular weight is 398 g/mol. The predicted molar refractivity (Wildman–Crippen MR) is 108 cm³/mol. The van der Waals surface area contributed by atoms with Gasteiger partial charge in [-0.15, -0.1) is 5.92 Å². The molecular weight excluding hydrogens is 376 g/mol. The average Bonchev–Trinajstić information content (AvgIpc) is 2.69. The Morgan fingerprint density at radius 2 is 1.96 bits per heavy atom. The molecule has 1 fully saturated rings. The summed E-state index contributed by atoms with van der Waals surface area (Å²) in [7, 11) is -3.67. The van der Waals surface area contributed by atoms with E-state index in [4.69, 9.17) is 5.73 Å². The van der Waals surface area contributed by atoms with Crippen LogP contribution < -0.4 is 10.6 Å². The van der Waals surface area contributed by atoms with Gasteiger partial charge in [0.05, 0.1) is 0 Å². The van der Waals surface area contributed by atoms with E-state index < -0.39 is 10.0 Å². The van der Waals surface area contributed by atoms with E-state index in [1.807, 2.05) is 24.3 Å². The van der Waals surface area contributed by atoms with Gasteiger partial charge in [-0.1, -0.05) is 18.1 Å². The van der Waals surface area contributed by atoms with Gasteiger partial charge in [0.25, 0.3) is 0 Å². The summed E-state index contributed by atoms with van der Waals surface area (Å²) in [6, 6.07) is 10.4. The third-order valence-corrected chi connectivity index (χ3v) is 6.49. The van der Waals surface area contributed by atoms with E-state index in [0.29, 0.717) is 19.5 Å². The lowest BCUT2D eigenvalue weighted by Gasteiger charge is -2.39. The smallest absolute Gasteiger partial charge is 0.244 e. The fourth-order valence-electron chi connectivity index (χ4n) is 3.19. The van der Waals surface area contributed by atoms with Gasteiger partial charge >= 0.3 is 0 Å². The number of aldehydes is 1. The number of anilines is 2. The number of nitrogens with two attached hydrogens (primary N) is 1. The third-order valence-electron chi connectivity index (χ3n) is 4.64. The maximum atomic E-state index is 13.0. The molecule has 3 rings (SSSR count). The number of carbonyl (C=O) groups excluding carboxylic acids is 1. The lowest BCUT2D eigenvalue weighted by Crippen LogP contribution is -2.54. The largest absolute Gasteiger partial charge is 0.384 e. The number of sulfonamides is 1. The molecule has 2 aromatic rings. The fourth-order valence-corrected chi connectivity index (χ4v) is 4.57. The van der Waals surface area contributed by atoms with Crippen LogP contribution in [-0.2, 0) is 21.2 Å². The Bertz CT molecular complexity index is 992. The number of hydrogen-bond acceptors (Lipinski definition) is 6. The van der Waals surface area contributed by atoms with Gasteiger partial charge in [-0.05, 0) is 36.8 Å². The highest BCUT2D eigenvalue weighted by Crippen LogP contribution is 2.25. The number of pyridine rings is 1. The van der Waals surface area contributed by atoms with Gasteiger partial charge in [0.2, 0.25) is 10.0 Å². The fraction of sp³-hybridized carbons (Fsp3) is 0.300. The quantitative estimate of drug-likeness (QED) is 0.603. The van der Waals surface area contributed by atoms with Crippen molar-refractivity contribution < 1.29 is 13.2 Å². The molecule has 1 aliphatic rings. The van der Waals surface area contributed by atoms with Gasteiger partial charge < -0.3 is 15.4 Å². The van der Waals surface area contributed by atoms with Gasteiger partial charge in [0.15, 0.2) is 0 Å². The highest BCUT2D eigenvalue weighted by molar-refractivity contribution is 7.89. The number of nitrogens with zero attached hydrogens (tertiary/aromatic N) is 3. The Kier molecular flexibility index (Phi) is 5.97. The second-order valence-corrected chi connectivity index (χ2v) is 8.36. The van der Waals surface area contributed by atoms with E-state index >= 15 is 0 Å². The first-order valence-electron chi connectivity index (χ1n) is 8.89. The molecule has 2 N–H and O–H groups in total. The second kappa shape index (κ2) is 8.42. The van der Waals surface area contributed by atoms with Crippen molar-refractivity contribution in [2.24, 2.45) is 0 Å². The number of carbonyl (C=O) groups is 1. The lowest BCUT2D eigenvalue weighted by atomic mass is 10.1. The highest BCUT2D eigenvalue weighted by atomic mass is 32.2. The van der Waals surface area contributed by atoms with Gasteiger partial charge in [-0.25, -0.2) is 13.4 Å². The molecule has 1 unspecified atom stereocenters. The summed E-state index contributed by atoms with van der Waals surface area (Å²) < 4.78 is 27.3. The van der Waals surface area contributed by atoms with Crippen molar-refractivity contribution in [2.45, 2.75) is 24.3 Å². The van der Waals surface area contributed by atoms with Crippen molar-refractivity contribution in [3.05, 3.63) is 48.2 Å². The summed E-state index contributed by atoms with van der Waals surface area (Å²) in [4.78, 5) is 16.8. The van der Waals surface area contributed by atoms with Crippen LogP contribution >= 0.6 is 0 Å². The molecule has 146 valence electrons. The lowest BCUT2D eigenvalue weighted by molar-refractivity contribution is -0.107. The number of hydrogen-bond donors (Lipinski definition) is 1. The van der Waals surface area contributed by atoms with E-state index in [2.05, 4.69) is 21.7 Å². The zero-order valence-electron chi connectivity index (χ0n) is 15.6. The zero-order chi connectivity index (χ0) is 20.1. The maximum Gasteiger partial charge on any atom is 0.244 e. The van der Waals surface area contributed by atoms with Crippen molar-refractivity contribution in [1.29, 1.82) is 0 Å². The van der Waals surface area contributed by atoms with E-state index in [9.17, 15) is 13.2 Å². The molecule has 1 aromatic carbocycles. The molecular formula is C20H22N4O3S. The van der Waals surface area contributed by atoms with Crippen LogP contribution in [0.2, 0.25) is 0 Å². The Labute approximate surface area is 165 Å². The van der Waals surface area contributed by atoms with Crippen LogP contribution in [0.25, 0.3) is 0 Å². The number of aromatic nitrogens is 1. The minimum atomic E-state index is -3.67. The van der Waals surface area contributed by atoms with Crippen LogP contribution in [0.5, 0.6) is 0 Å². The SMILES string of the molecule is CC#CC1CN(S(=O)(=O)c2ccc(N)nc2)CCN1c1ccc(CC=O)cc1.